The van der Waals surface area contributed by atoms with E-state index in [1.165, 1.54) is 0 Å². The monoisotopic (exact) mass is 383 g/mol. The number of rotatable bonds is 4. The zero-order valence-corrected chi connectivity index (χ0v) is 15.2. The molecule has 0 bridgehead atoms. The van der Waals surface area contributed by atoms with Gasteiger partial charge < -0.3 is 4.57 Å². The first-order valence-electron chi connectivity index (χ1n) is 6.76. The highest BCUT2D eigenvalue weighted by molar-refractivity contribution is 7.98. The molecule has 0 aliphatic carbocycles. The molecule has 3 aromatic rings. The molecular weight excluding hydrogens is 373 g/mol. The lowest BCUT2D eigenvalue weighted by atomic mass is 10.2. The summed E-state index contributed by atoms with van der Waals surface area (Å²) in [7, 11) is 1.94. The van der Waals surface area contributed by atoms with E-state index in [0.717, 1.165) is 27.9 Å². The van der Waals surface area contributed by atoms with Crippen LogP contribution in [0.3, 0.4) is 0 Å². The van der Waals surface area contributed by atoms with E-state index in [-0.39, 0.29) is 0 Å². The molecule has 0 spiro atoms. The van der Waals surface area contributed by atoms with E-state index >= 15 is 0 Å². The lowest BCUT2D eigenvalue weighted by Crippen LogP contribution is -1.95. The maximum Gasteiger partial charge on any atom is 0.191 e. The van der Waals surface area contributed by atoms with E-state index in [0.29, 0.717) is 15.1 Å². The summed E-state index contributed by atoms with van der Waals surface area (Å²) in [6.45, 7) is 0. The van der Waals surface area contributed by atoms with Crippen molar-refractivity contribution in [3.8, 4) is 11.4 Å². The van der Waals surface area contributed by atoms with Crippen molar-refractivity contribution in [1.29, 1.82) is 0 Å². The third-order valence-corrected chi connectivity index (χ3v) is 5.34. The number of halogens is 3. The number of hydrogen-bond donors (Lipinski definition) is 0. The summed E-state index contributed by atoms with van der Waals surface area (Å²) in [6.07, 6.45) is 0. The number of thioether (sulfide) groups is 1. The summed E-state index contributed by atoms with van der Waals surface area (Å²) in [5.74, 6) is 1.52. The first-order chi connectivity index (χ1) is 11.0. The van der Waals surface area contributed by atoms with Crippen LogP contribution in [-0.4, -0.2) is 14.8 Å². The van der Waals surface area contributed by atoms with Crippen molar-refractivity contribution < 1.29 is 0 Å². The van der Waals surface area contributed by atoms with Crippen molar-refractivity contribution in [1.82, 2.24) is 14.8 Å². The lowest BCUT2D eigenvalue weighted by Gasteiger charge is -2.05. The van der Waals surface area contributed by atoms with Gasteiger partial charge in [0.15, 0.2) is 11.0 Å². The number of aromatic nitrogens is 3. The molecule has 0 unspecified atom stereocenters. The van der Waals surface area contributed by atoms with E-state index in [4.69, 9.17) is 34.8 Å². The molecule has 0 aliphatic rings. The molecule has 0 fully saturated rings. The molecule has 3 nitrogen and oxygen atoms in total. The van der Waals surface area contributed by atoms with Crippen molar-refractivity contribution >= 4 is 46.6 Å². The fraction of sp³-hybridized carbons (Fsp3) is 0.125. The van der Waals surface area contributed by atoms with Crippen LogP contribution in [0.4, 0.5) is 0 Å². The Hall–Kier alpha value is -1.20. The van der Waals surface area contributed by atoms with Crippen molar-refractivity contribution in [3.05, 3.63) is 63.1 Å². The lowest BCUT2D eigenvalue weighted by molar-refractivity contribution is 0.794. The van der Waals surface area contributed by atoms with Gasteiger partial charge in [-0.1, -0.05) is 64.8 Å². The minimum atomic E-state index is 0.558. The zero-order valence-electron chi connectivity index (χ0n) is 12.1. The van der Waals surface area contributed by atoms with Crippen molar-refractivity contribution in [3.63, 3.8) is 0 Å². The Morgan fingerprint density at radius 3 is 2.57 bits per heavy atom. The van der Waals surface area contributed by atoms with Crippen molar-refractivity contribution in [2.75, 3.05) is 0 Å². The average molecular weight is 385 g/mol. The normalized spacial score (nSPS) is 11.0. The number of benzene rings is 2. The standard InChI is InChI=1S/C16H12Cl3N3S/c1-22-15(11-3-2-4-12(17)8-11)20-21-16(22)23-9-10-5-6-13(18)14(19)7-10/h2-8H,9H2,1H3. The summed E-state index contributed by atoms with van der Waals surface area (Å²) in [5, 5.41) is 11.1. The fourth-order valence-electron chi connectivity index (χ4n) is 2.10. The third kappa shape index (κ3) is 3.83. The Morgan fingerprint density at radius 2 is 1.83 bits per heavy atom. The molecule has 0 aliphatic heterocycles. The summed E-state index contributed by atoms with van der Waals surface area (Å²) in [5.41, 5.74) is 2.02. The predicted octanol–water partition coefficient (Wildman–Crippen LogP) is 5.73. The van der Waals surface area contributed by atoms with Crippen molar-refractivity contribution in [2.45, 2.75) is 10.9 Å². The molecular formula is C16H12Cl3N3S. The maximum absolute atomic E-state index is 6.04. The van der Waals surface area contributed by atoms with Crippen LogP contribution in [0.15, 0.2) is 47.6 Å². The topological polar surface area (TPSA) is 30.7 Å². The molecule has 1 aromatic heterocycles. The van der Waals surface area contributed by atoms with E-state index < -0.39 is 0 Å². The predicted molar refractivity (Wildman–Crippen MR) is 97.5 cm³/mol. The SMILES string of the molecule is Cn1c(SCc2ccc(Cl)c(Cl)c2)nnc1-c1cccc(Cl)c1. The Labute approximate surface area is 153 Å². The summed E-state index contributed by atoms with van der Waals surface area (Å²) in [6, 6.07) is 13.2. The second-order valence-corrected chi connectivity index (χ2v) is 7.11. The summed E-state index contributed by atoms with van der Waals surface area (Å²) in [4.78, 5) is 0. The van der Waals surface area contributed by atoms with Crippen LogP contribution >= 0.6 is 46.6 Å². The van der Waals surface area contributed by atoms with Gasteiger partial charge in [-0.25, -0.2) is 0 Å². The fourth-order valence-corrected chi connectivity index (χ4v) is 3.46. The first-order valence-corrected chi connectivity index (χ1v) is 8.88. The van der Waals surface area contributed by atoms with Crippen LogP contribution in [-0.2, 0) is 12.8 Å². The summed E-state index contributed by atoms with van der Waals surface area (Å²) < 4.78 is 1.95. The molecule has 3 rings (SSSR count). The highest BCUT2D eigenvalue weighted by Crippen LogP contribution is 2.29. The summed E-state index contributed by atoms with van der Waals surface area (Å²) >= 11 is 19.6. The highest BCUT2D eigenvalue weighted by Gasteiger charge is 2.12. The molecule has 0 radical (unpaired) electrons. The average Bonchev–Trinajstić information content (AvgIpc) is 2.89. The molecule has 7 heteroatoms. The number of hydrogen-bond acceptors (Lipinski definition) is 3. The second-order valence-electron chi connectivity index (χ2n) is 4.91. The zero-order chi connectivity index (χ0) is 16.4. The minimum Gasteiger partial charge on any atom is -0.305 e. The maximum atomic E-state index is 6.04. The van der Waals surface area contributed by atoms with Crippen LogP contribution in [0.5, 0.6) is 0 Å². The van der Waals surface area contributed by atoms with E-state index in [9.17, 15) is 0 Å². The van der Waals surface area contributed by atoms with Gasteiger partial charge in [-0.3, -0.25) is 0 Å². The Bertz CT molecular complexity index is 848. The Balaban J connectivity index is 1.78. The molecule has 2 aromatic carbocycles. The minimum absolute atomic E-state index is 0.558. The van der Waals surface area contributed by atoms with Gasteiger partial charge in [0.2, 0.25) is 0 Å². The van der Waals surface area contributed by atoms with Crippen LogP contribution in [0.2, 0.25) is 15.1 Å². The molecule has 0 saturated carbocycles. The molecule has 1 heterocycles. The quantitative estimate of drug-likeness (QED) is 0.538. The van der Waals surface area contributed by atoms with Gasteiger partial charge in [0, 0.05) is 23.4 Å². The van der Waals surface area contributed by atoms with E-state index in [1.807, 2.05) is 48.0 Å². The molecule has 0 atom stereocenters. The molecule has 118 valence electrons. The molecule has 0 N–H and O–H groups in total. The molecule has 0 amide bonds. The van der Waals surface area contributed by atoms with Gasteiger partial charge in [0.25, 0.3) is 0 Å². The van der Waals surface area contributed by atoms with Crippen LogP contribution in [0.25, 0.3) is 11.4 Å². The van der Waals surface area contributed by atoms with Gasteiger partial charge >= 0.3 is 0 Å². The van der Waals surface area contributed by atoms with Gasteiger partial charge in [0.05, 0.1) is 10.0 Å². The van der Waals surface area contributed by atoms with Gasteiger partial charge in [-0.15, -0.1) is 10.2 Å². The van der Waals surface area contributed by atoms with Crippen molar-refractivity contribution in [2.24, 2.45) is 7.05 Å². The van der Waals surface area contributed by atoms with E-state index in [2.05, 4.69) is 10.2 Å². The number of nitrogens with zero attached hydrogens (tertiary/aromatic N) is 3. The Kier molecular flexibility index (Phi) is 5.17. The molecule has 0 saturated heterocycles. The van der Waals surface area contributed by atoms with Gasteiger partial charge in [-0.2, -0.15) is 0 Å². The second kappa shape index (κ2) is 7.14. The van der Waals surface area contributed by atoms with Crippen LogP contribution in [0, 0.1) is 0 Å². The molecule has 23 heavy (non-hydrogen) atoms. The Morgan fingerprint density at radius 1 is 1.00 bits per heavy atom. The smallest absolute Gasteiger partial charge is 0.191 e. The third-order valence-electron chi connectivity index (χ3n) is 3.27. The van der Waals surface area contributed by atoms with E-state index in [1.54, 1.807) is 17.8 Å². The van der Waals surface area contributed by atoms with Crippen LogP contribution in [0.1, 0.15) is 5.56 Å². The van der Waals surface area contributed by atoms with Gasteiger partial charge in [0.1, 0.15) is 0 Å². The largest absolute Gasteiger partial charge is 0.305 e. The van der Waals surface area contributed by atoms with Gasteiger partial charge in [-0.05, 0) is 29.8 Å². The highest BCUT2D eigenvalue weighted by atomic mass is 35.5. The van der Waals surface area contributed by atoms with Crippen LogP contribution < -0.4 is 0 Å². The first kappa shape index (κ1) is 16.7.